The van der Waals surface area contributed by atoms with Gasteiger partial charge in [0.2, 0.25) is 10.0 Å². The Morgan fingerprint density at radius 3 is 2.48 bits per heavy atom. The normalized spacial score (nSPS) is 11.9. The summed E-state index contributed by atoms with van der Waals surface area (Å²) in [7, 11) is -2.59. The molecule has 0 aliphatic rings. The summed E-state index contributed by atoms with van der Waals surface area (Å²) in [4.78, 5) is 11.6. The highest BCUT2D eigenvalue weighted by molar-refractivity contribution is 7.89. The van der Waals surface area contributed by atoms with Gasteiger partial charge in [0.05, 0.1) is 12.0 Å². The summed E-state index contributed by atoms with van der Waals surface area (Å²) >= 11 is 0. The minimum Gasteiger partial charge on any atom is -0.468 e. The molecule has 0 spiro atoms. The predicted molar refractivity (Wildman–Crippen MR) is 81.3 cm³/mol. The van der Waals surface area contributed by atoms with E-state index in [1.807, 2.05) is 6.92 Å². The number of rotatable bonds is 6. The fourth-order valence-electron chi connectivity index (χ4n) is 1.97. The second-order valence-electron chi connectivity index (χ2n) is 4.94. The van der Waals surface area contributed by atoms with E-state index in [9.17, 15) is 13.2 Å². The molecule has 2 N–H and O–H groups in total. The van der Waals surface area contributed by atoms with Gasteiger partial charge < -0.3 is 10.5 Å². The summed E-state index contributed by atoms with van der Waals surface area (Å²) in [6.07, 6.45) is 0.555. The van der Waals surface area contributed by atoms with Crippen LogP contribution >= 0.6 is 0 Å². The molecular weight excluding hydrogens is 292 g/mol. The molecule has 0 bridgehead atoms. The Morgan fingerprint density at radius 2 is 2.00 bits per heavy atom. The van der Waals surface area contributed by atoms with Gasteiger partial charge in [-0.2, -0.15) is 4.31 Å². The van der Waals surface area contributed by atoms with Crippen molar-refractivity contribution < 1.29 is 17.9 Å². The molecule has 0 saturated heterocycles. The number of benzene rings is 1. The Balaban J connectivity index is 3.35. The average Bonchev–Trinajstić information content (AvgIpc) is 2.43. The summed E-state index contributed by atoms with van der Waals surface area (Å²) < 4.78 is 31.3. The lowest BCUT2D eigenvalue weighted by Crippen LogP contribution is -2.41. The lowest BCUT2D eigenvalue weighted by Gasteiger charge is -2.26. The first kappa shape index (κ1) is 17.5. The molecule has 7 heteroatoms. The van der Waals surface area contributed by atoms with Gasteiger partial charge >= 0.3 is 5.97 Å². The van der Waals surface area contributed by atoms with Crippen LogP contribution in [0.4, 0.5) is 5.69 Å². The third kappa shape index (κ3) is 3.95. The molecule has 0 aliphatic carbocycles. The van der Waals surface area contributed by atoms with E-state index < -0.39 is 16.0 Å². The number of ether oxygens (including phenoxy) is 1. The maximum absolute atomic E-state index is 12.8. The lowest BCUT2D eigenvalue weighted by atomic mass is 10.1. The van der Waals surface area contributed by atoms with Crippen LogP contribution in [0.1, 0.15) is 26.3 Å². The van der Waals surface area contributed by atoms with Crippen molar-refractivity contribution in [1.82, 2.24) is 4.31 Å². The number of hydrogen-bond acceptors (Lipinski definition) is 5. The van der Waals surface area contributed by atoms with Crippen molar-refractivity contribution in [3.63, 3.8) is 0 Å². The van der Waals surface area contributed by atoms with E-state index in [0.717, 1.165) is 4.31 Å². The largest absolute Gasteiger partial charge is 0.468 e. The first-order chi connectivity index (χ1) is 9.73. The molecule has 0 aromatic heterocycles. The summed E-state index contributed by atoms with van der Waals surface area (Å²) in [5.41, 5.74) is 6.74. The SMILES string of the molecule is CCc1ccc(N)cc1S(=O)(=O)N(CC(=O)OC)C(C)C. The number of sulfonamides is 1. The highest BCUT2D eigenvalue weighted by Gasteiger charge is 2.31. The first-order valence-electron chi connectivity index (χ1n) is 6.71. The second-order valence-corrected chi connectivity index (χ2v) is 6.80. The Morgan fingerprint density at radius 1 is 1.38 bits per heavy atom. The Hall–Kier alpha value is -1.60. The number of esters is 1. The van der Waals surface area contributed by atoms with Crippen molar-refractivity contribution in [2.45, 2.75) is 38.1 Å². The zero-order chi connectivity index (χ0) is 16.2. The molecule has 0 fully saturated rings. The van der Waals surface area contributed by atoms with Gasteiger partial charge in [-0.25, -0.2) is 8.42 Å². The van der Waals surface area contributed by atoms with Crippen molar-refractivity contribution in [2.75, 3.05) is 19.4 Å². The number of anilines is 1. The Labute approximate surface area is 125 Å². The van der Waals surface area contributed by atoms with Crippen LogP contribution in [0.2, 0.25) is 0 Å². The number of methoxy groups -OCH3 is 1. The van der Waals surface area contributed by atoms with Gasteiger partial charge in [-0.15, -0.1) is 0 Å². The molecule has 6 nitrogen and oxygen atoms in total. The van der Waals surface area contributed by atoms with Crippen LogP contribution < -0.4 is 5.73 Å². The van der Waals surface area contributed by atoms with Gasteiger partial charge in [-0.1, -0.05) is 13.0 Å². The van der Waals surface area contributed by atoms with E-state index in [0.29, 0.717) is 17.7 Å². The fourth-order valence-corrected chi connectivity index (χ4v) is 3.88. The van der Waals surface area contributed by atoms with E-state index in [-0.39, 0.29) is 17.5 Å². The topological polar surface area (TPSA) is 89.7 Å². The average molecular weight is 314 g/mol. The standard InChI is InChI=1S/C14H22N2O4S/c1-5-11-6-7-12(15)8-13(11)21(18,19)16(10(2)3)9-14(17)20-4/h6-8,10H,5,9,15H2,1-4H3. The first-order valence-corrected chi connectivity index (χ1v) is 8.15. The molecule has 0 atom stereocenters. The van der Waals surface area contributed by atoms with E-state index >= 15 is 0 Å². The van der Waals surface area contributed by atoms with E-state index in [4.69, 9.17) is 5.73 Å². The molecule has 1 aromatic rings. The number of hydrogen-bond donors (Lipinski definition) is 1. The Bertz CT molecular complexity index is 611. The zero-order valence-electron chi connectivity index (χ0n) is 12.8. The molecule has 0 radical (unpaired) electrons. The van der Waals surface area contributed by atoms with Crippen molar-refractivity contribution in [3.8, 4) is 0 Å². The number of nitrogen functional groups attached to an aromatic ring is 1. The van der Waals surface area contributed by atoms with Crippen molar-refractivity contribution in [1.29, 1.82) is 0 Å². The molecule has 21 heavy (non-hydrogen) atoms. The number of carbonyl (C=O) groups excluding carboxylic acids is 1. The maximum atomic E-state index is 12.8. The van der Waals surface area contributed by atoms with Crippen LogP contribution in [0.3, 0.4) is 0 Å². The van der Waals surface area contributed by atoms with Gasteiger partial charge in [0.25, 0.3) is 0 Å². The molecule has 0 saturated carbocycles. The van der Waals surface area contributed by atoms with Crippen LogP contribution in [0.25, 0.3) is 0 Å². The van der Waals surface area contributed by atoms with Crippen LogP contribution in [0, 0.1) is 0 Å². The van der Waals surface area contributed by atoms with Gasteiger partial charge in [0.1, 0.15) is 6.54 Å². The summed E-state index contributed by atoms with van der Waals surface area (Å²) in [6.45, 7) is 4.95. The highest BCUT2D eigenvalue weighted by atomic mass is 32.2. The third-order valence-electron chi connectivity index (χ3n) is 3.15. The molecule has 1 rings (SSSR count). The van der Waals surface area contributed by atoms with Gasteiger partial charge in [-0.05, 0) is 38.0 Å². The number of nitrogens with zero attached hydrogens (tertiary/aromatic N) is 1. The molecule has 0 unspecified atom stereocenters. The molecular formula is C14H22N2O4S. The predicted octanol–water partition coefficient (Wildman–Crippen LogP) is 1.40. The van der Waals surface area contributed by atoms with Crippen LogP contribution in [0.5, 0.6) is 0 Å². The molecule has 1 aromatic carbocycles. The summed E-state index contributed by atoms with van der Waals surface area (Å²) in [5, 5.41) is 0. The molecule has 118 valence electrons. The van der Waals surface area contributed by atoms with Crippen LogP contribution in [0.15, 0.2) is 23.1 Å². The Kier molecular flexibility index (Phi) is 5.74. The fraction of sp³-hybridized carbons (Fsp3) is 0.500. The zero-order valence-corrected chi connectivity index (χ0v) is 13.6. The van der Waals surface area contributed by atoms with Gasteiger partial charge in [0.15, 0.2) is 0 Å². The maximum Gasteiger partial charge on any atom is 0.321 e. The van der Waals surface area contributed by atoms with Crippen LogP contribution in [-0.2, 0) is 26.0 Å². The second kappa shape index (κ2) is 6.91. The minimum atomic E-state index is -3.82. The smallest absolute Gasteiger partial charge is 0.321 e. The summed E-state index contributed by atoms with van der Waals surface area (Å²) in [5.74, 6) is -0.603. The van der Waals surface area contributed by atoms with Crippen LogP contribution in [-0.4, -0.2) is 38.4 Å². The summed E-state index contributed by atoms with van der Waals surface area (Å²) in [6, 6.07) is 4.41. The molecule has 0 heterocycles. The monoisotopic (exact) mass is 314 g/mol. The number of nitrogens with two attached hydrogens (primary N) is 1. The van der Waals surface area contributed by atoms with Crippen molar-refractivity contribution in [3.05, 3.63) is 23.8 Å². The third-order valence-corrected chi connectivity index (χ3v) is 5.25. The van der Waals surface area contributed by atoms with Gasteiger partial charge in [-0.3, -0.25) is 4.79 Å². The van der Waals surface area contributed by atoms with E-state index in [2.05, 4.69) is 4.74 Å². The quantitative estimate of drug-likeness (QED) is 0.633. The lowest BCUT2D eigenvalue weighted by molar-refractivity contribution is -0.141. The van der Waals surface area contributed by atoms with Crippen molar-refractivity contribution in [2.24, 2.45) is 0 Å². The van der Waals surface area contributed by atoms with Crippen molar-refractivity contribution >= 4 is 21.7 Å². The highest BCUT2D eigenvalue weighted by Crippen LogP contribution is 2.24. The van der Waals surface area contributed by atoms with E-state index in [1.165, 1.54) is 13.2 Å². The number of carbonyl (C=O) groups is 1. The minimum absolute atomic E-state index is 0.141. The molecule has 0 amide bonds. The number of aryl methyl sites for hydroxylation is 1. The molecule has 0 aliphatic heterocycles. The van der Waals surface area contributed by atoms with E-state index in [1.54, 1.807) is 26.0 Å². The van der Waals surface area contributed by atoms with Gasteiger partial charge in [0, 0.05) is 11.7 Å².